The van der Waals surface area contributed by atoms with Crippen molar-refractivity contribution < 1.29 is 14.8 Å². The second-order valence-corrected chi connectivity index (χ2v) is 4.64. The van der Waals surface area contributed by atoms with Gasteiger partial charge in [-0.15, -0.1) is 0 Å². The summed E-state index contributed by atoms with van der Waals surface area (Å²) in [6.07, 6.45) is 3.50. The summed E-state index contributed by atoms with van der Waals surface area (Å²) in [6, 6.07) is 3.80. The molecule has 21 heavy (non-hydrogen) atoms. The zero-order chi connectivity index (χ0) is 15.6. The number of rotatable bonds is 5. The fourth-order valence-corrected chi connectivity index (χ4v) is 2.05. The molecule has 0 aliphatic carbocycles. The second kappa shape index (κ2) is 5.61. The number of aromatic carboxylic acids is 1. The molecule has 2 rings (SSSR count). The number of nitro groups is 1. The largest absolute Gasteiger partial charge is 0.478 e. The van der Waals surface area contributed by atoms with Crippen LogP contribution in [0.5, 0.6) is 0 Å². The lowest BCUT2D eigenvalue weighted by atomic mass is 10.1. The molecular formula is C13H14N4O4. The Labute approximate surface area is 120 Å². The number of hydrogen-bond acceptors (Lipinski definition) is 5. The molecule has 0 aliphatic rings. The van der Waals surface area contributed by atoms with Crippen molar-refractivity contribution in [1.29, 1.82) is 0 Å². The van der Waals surface area contributed by atoms with Gasteiger partial charge in [-0.2, -0.15) is 5.10 Å². The van der Waals surface area contributed by atoms with E-state index in [0.717, 1.165) is 11.6 Å². The summed E-state index contributed by atoms with van der Waals surface area (Å²) in [5.41, 5.74) is 0.980. The third-order valence-electron chi connectivity index (χ3n) is 3.01. The van der Waals surface area contributed by atoms with Gasteiger partial charge in [0.1, 0.15) is 0 Å². The van der Waals surface area contributed by atoms with E-state index in [1.54, 1.807) is 29.9 Å². The van der Waals surface area contributed by atoms with Crippen molar-refractivity contribution in [3.63, 3.8) is 0 Å². The van der Waals surface area contributed by atoms with Gasteiger partial charge in [0.2, 0.25) is 0 Å². The van der Waals surface area contributed by atoms with Crippen LogP contribution in [0.3, 0.4) is 0 Å². The highest BCUT2D eigenvalue weighted by atomic mass is 16.6. The summed E-state index contributed by atoms with van der Waals surface area (Å²) in [5.74, 6) is -1.20. The topological polar surface area (TPSA) is 102 Å². The molecule has 1 heterocycles. The Kier molecular flexibility index (Phi) is 3.88. The highest BCUT2D eigenvalue weighted by molar-refractivity contribution is 5.95. The Balaban J connectivity index is 2.33. The third kappa shape index (κ3) is 3.16. The van der Waals surface area contributed by atoms with Gasteiger partial charge in [-0.3, -0.25) is 14.8 Å². The molecule has 0 bridgehead atoms. The van der Waals surface area contributed by atoms with E-state index >= 15 is 0 Å². The van der Waals surface area contributed by atoms with Crippen molar-refractivity contribution in [1.82, 2.24) is 9.78 Å². The van der Waals surface area contributed by atoms with Crippen molar-refractivity contribution in [2.24, 2.45) is 7.05 Å². The Morgan fingerprint density at radius 1 is 1.52 bits per heavy atom. The molecule has 0 spiro atoms. The number of nitrogens with zero attached hydrogens (tertiary/aromatic N) is 4. The maximum absolute atomic E-state index is 11.3. The standard InChI is InChI=1S/C13H14N4O4/c1-15(7-9-6-14-16(2)8-9)12-4-3-10(17(20)21)5-11(12)13(18)19/h3-6,8H,7H2,1-2H3,(H,18,19). The minimum absolute atomic E-state index is 0.101. The van der Waals surface area contributed by atoms with Crippen LogP contribution >= 0.6 is 0 Å². The first-order valence-electron chi connectivity index (χ1n) is 6.09. The molecule has 1 aromatic heterocycles. The van der Waals surface area contributed by atoms with Crippen LogP contribution in [0, 0.1) is 10.1 Å². The molecule has 1 N–H and O–H groups in total. The van der Waals surface area contributed by atoms with Crippen molar-refractivity contribution in [2.45, 2.75) is 6.54 Å². The number of carboxylic acid groups (broad SMARTS) is 1. The lowest BCUT2D eigenvalue weighted by Gasteiger charge is -2.20. The first-order chi connectivity index (χ1) is 9.88. The molecule has 0 saturated carbocycles. The molecule has 8 heteroatoms. The summed E-state index contributed by atoms with van der Waals surface area (Å²) in [5, 5.41) is 24.0. The van der Waals surface area contributed by atoms with E-state index in [1.165, 1.54) is 12.1 Å². The molecule has 0 aliphatic heterocycles. The number of aryl methyl sites for hydroxylation is 1. The molecular weight excluding hydrogens is 276 g/mol. The van der Waals surface area contributed by atoms with Gasteiger partial charge >= 0.3 is 5.97 Å². The normalized spacial score (nSPS) is 10.4. The minimum atomic E-state index is -1.20. The number of nitro benzene ring substituents is 1. The molecule has 0 atom stereocenters. The molecule has 8 nitrogen and oxygen atoms in total. The Bertz CT molecular complexity index is 695. The first-order valence-corrected chi connectivity index (χ1v) is 6.09. The van der Waals surface area contributed by atoms with Gasteiger partial charge < -0.3 is 10.0 Å². The fourth-order valence-electron chi connectivity index (χ4n) is 2.05. The summed E-state index contributed by atoms with van der Waals surface area (Å²) < 4.78 is 1.65. The van der Waals surface area contributed by atoms with E-state index in [1.807, 2.05) is 6.20 Å². The van der Waals surface area contributed by atoms with Gasteiger partial charge in [0, 0.05) is 44.5 Å². The predicted molar refractivity (Wildman–Crippen MR) is 75.4 cm³/mol. The Morgan fingerprint density at radius 2 is 2.24 bits per heavy atom. The van der Waals surface area contributed by atoms with Gasteiger partial charge in [0.05, 0.1) is 22.4 Å². The number of aromatic nitrogens is 2. The number of hydrogen-bond donors (Lipinski definition) is 1. The Hall–Kier alpha value is -2.90. The predicted octanol–water partition coefficient (Wildman–Crippen LogP) is 1.66. The molecule has 2 aromatic rings. The number of anilines is 1. The quantitative estimate of drug-likeness (QED) is 0.663. The van der Waals surface area contributed by atoms with Crippen LogP contribution in [-0.4, -0.2) is 32.8 Å². The van der Waals surface area contributed by atoms with Crippen LogP contribution in [-0.2, 0) is 13.6 Å². The summed E-state index contributed by atoms with van der Waals surface area (Å²) in [6.45, 7) is 0.450. The maximum atomic E-state index is 11.3. The molecule has 0 amide bonds. The molecule has 0 fully saturated rings. The van der Waals surface area contributed by atoms with Gasteiger partial charge in [0.25, 0.3) is 5.69 Å². The third-order valence-corrected chi connectivity index (χ3v) is 3.01. The average molecular weight is 290 g/mol. The van der Waals surface area contributed by atoms with Gasteiger partial charge in [-0.05, 0) is 6.07 Å². The van der Waals surface area contributed by atoms with E-state index in [9.17, 15) is 20.0 Å². The lowest BCUT2D eigenvalue weighted by molar-refractivity contribution is -0.384. The molecule has 0 radical (unpaired) electrons. The summed E-state index contributed by atoms with van der Waals surface area (Å²) in [4.78, 5) is 23.1. The second-order valence-electron chi connectivity index (χ2n) is 4.64. The number of carboxylic acids is 1. The van der Waals surface area contributed by atoms with Gasteiger partial charge in [-0.25, -0.2) is 4.79 Å². The van der Waals surface area contributed by atoms with Gasteiger partial charge in [0.15, 0.2) is 0 Å². The molecule has 0 saturated heterocycles. The van der Waals surface area contributed by atoms with E-state index in [4.69, 9.17) is 0 Å². The zero-order valence-corrected chi connectivity index (χ0v) is 11.6. The van der Waals surface area contributed by atoms with Crippen molar-refractivity contribution in [2.75, 3.05) is 11.9 Å². The Morgan fingerprint density at radius 3 is 2.76 bits per heavy atom. The number of non-ortho nitro benzene ring substituents is 1. The van der Waals surface area contributed by atoms with Crippen molar-refractivity contribution in [3.05, 3.63) is 51.8 Å². The molecule has 110 valence electrons. The van der Waals surface area contributed by atoms with E-state index < -0.39 is 10.9 Å². The monoisotopic (exact) mass is 290 g/mol. The maximum Gasteiger partial charge on any atom is 0.338 e. The molecule has 1 aromatic carbocycles. The highest BCUT2D eigenvalue weighted by Crippen LogP contribution is 2.26. The summed E-state index contributed by atoms with van der Waals surface area (Å²) in [7, 11) is 3.51. The highest BCUT2D eigenvalue weighted by Gasteiger charge is 2.18. The SMILES string of the molecule is CN(Cc1cnn(C)c1)c1ccc([N+](=O)[O-])cc1C(=O)O. The minimum Gasteiger partial charge on any atom is -0.478 e. The van der Waals surface area contributed by atoms with Crippen molar-refractivity contribution >= 4 is 17.3 Å². The van der Waals surface area contributed by atoms with E-state index in [-0.39, 0.29) is 11.3 Å². The van der Waals surface area contributed by atoms with Crippen LogP contribution in [0.4, 0.5) is 11.4 Å². The van der Waals surface area contributed by atoms with Crippen LogP contribution in [0.15, 0.2) is 30.6 Å². The van der Waals surface area contributed by atoms with E-state index in [2.05, 4.69) is 5.10 Å². The van der Waals surface area contributed by atoms with Crippen molar-refractivity contribution in [3.8, 4) is 0 Å². The summed E-state index contributed by atoms with van der Waals surface area (Å²) >= 11 is 0. The number of benzene rings is 1. The lowest BCUT2D eigenvalue weighted by Crippen LogP contribution is -2.19. The number of carbonyl (C=O) groups is 1. The smallest absolute Gasteiger partial charge is 0.338 e. The van der Waals surface area contributed by atoms with Gasteiger partial charge in [-0.1, -0.05) is 0 Å². The zero-order valence-electron chi connectivity index (χ0n) is 11.6. The molecule has 0 unspecified atom stereocenters. The average Bonchev–Trinajstić information content (AvgIpc) is 2.83. The van der Waals surface area contributed by atoms with Crippen LogP contribution in [0.2, 0.25) is 0 Å². The van der Waals surface area contributed by atoms with Crippen LogP contribution in [0.1, 0.15) is 15.9 Å². The van der Waals surface area contributed by atoms with Crippen LogP contribution < -0.4 is 4.90 Å². The fraction of sp³-hybridized carbons (Fsp3) is 0.231. The first kappa shape index (κ1) is 14.5. The van der Waals surface area contributed by atoms with Crippen LogP contribution in [0.25, 0.3) is 0 Å². The van der Waals surface area contributed by atoms with E-state index in [0.29, 0.717) is 12.2 Å².